The highest BCUT2D eigenvalue weighted by Gasteiger charge is 2.48. The molecule has 3 N–H and O–H groups in total. The van der Waals surface area contributed by atoms with Crippen molar-refractivity contribution in [2.24, 2.45) is 0 Å². The highest BCUT2D eigenvalue weighted by atomic mass is 19.1. The number of nitrogens with one attached hydrogen (secondary N) is 3. The number of halogens is 1. The van der Waals surface area contributed by atoms with Crippen molar-refractivity contribution in [3.05, 3.63) is 59.7 Å². The molecule has 3 aliphatic rings. The predicted octanol–water partition coefficient (Wildman–Crippen LogP) is 4.28. The maximum Gasteiger partial charge on any atom is 0.255 e. The van der Waals surface area contributed by atoms with Gasteiger partial charge < -0.3 is 29.8 Å². The van der Waals surface area contributed by atoms with Gasteiger partial charge in [0.2, 0.25) is 5.88 Å². The first kappa shape index (κ1) is 22.1. The van der Waals surface area contributed by atoms with Crippen LogP contribution in [0.1, 0.15) is 34.8 Å². The van der Waals surface area contributed by atoms with Gasteiger partial charge in [0.15, 0.2) is 11.6 Å². The van der Waals surface area contributed by atoms with Crippen molar-refractivity contribution in [2.45, 2.75) is 30.9 Å². The van der Waals surface area contributed by atoms with Crippen LogP contribution in [0, 0.1) is 5.82 Å². The van der Waals surface area contributed by atoms with Crippen LogP contribution in [0.3, 0.4) is 0 Å². The Balaban J connectivity index is 1.39. The summed E-state index contributed by atoms with van der Waals surface area (Å²) in [6, 6.07) is 10.3. The van der Waals surface area contributed by atoms with E-state index in [1.54, 1.807) is 24.4 Å². The zero-order valence-corrected chi connectivity index (χ0v) is 20.0. The van der Waals surface area contributed by atoms with Crippen molar-refractivity contribution in [3.8, 4) is 22.9 Å². The van der Waals surface area contributed by atoms with Crippen LogP contribution >= 0.6 is 0 Å². The second kappa shape index (κ2) is 8.45. The number of H-pyrrole nitrogens is 1. The Bertz CT molecular complexity index is 1550. The van der Waals surface area contributed by atoms with Crippen LogP contribution in [-0.2, 0) is 4.74 Å². The second-order valence-corrected chi connectivity index (χ2v) is 9.51. The van der Waals surface area contributed by atoms with E-state index in [4.69, 9.17) is 19.2 Å². The lowest BCUT2D eigenvalue weighted by Gasteiger charge is -2.17. The fraction of sp³-hybridized carbons (Fsp3) is 0.296. The Morgan fingerprint density at radius 2 is 2.14 bits per heavy atom. The molecule has 1 saturated heterocycles. The first-order chi connectivity index (χ1) is 18.1. The molecule has 2 aliphatic heterocycles. The summed E-state index contributed by atoms with van der Waals surface area (Å²) in [7, 11) is 1.41. The summed E-state index contributed by atoms with van der Waals surface area (Å²) in [6.45, 7) is 1.20. The van der Waals surface area contributed by atoms with Crippen molar-refractivity contribution < 1.29 is 23.4 Å². The van der Waals surface area contributed by atoms with Crippen LogP contribution in [0.4, 0.5) is 15.8 Å². The number of carbonyl (C=O) groups excluding carboxylic acids is 1. The van der Waals surface area contributed by atoms with Gasteiger partial charge in [-0.15, -0.1) is 0 Å². The molecule has 9 nitrogen and oxygen atoms in total. The molecule has 2 fully saturated rings. The van der Waals surface area contributed by atoms with Crippen molar-refractivity contribution in [2.75, 3.05) is 25.6 Å². The van der Waals surface area contributed by atoms with Gasteiger partial charge in [0.05, 0.1) is 48.5 Å². The van der Waals surface area contributed by atoms with Crippen LogP contribution in [0.25, 0.3) is 22.3 Å². The fourth-order valence-electron chi connectivity index (χ4n) is 5.28. The van der Waals surface area contributed by atoms with E-state index in [0.29, 0.717) is 52.8 Å². The van der Waals surface area contributed by atoms with Crippen LogP contribution in [0.15, 0.2) is 42.6 Å². The molecule has 3 atom stereocenters. The van der Waals surface area contributed by atoms with Gasteiger partial charge in [-0.05, 0) is 30.7 Å². The van der Waals surface area contributed by atoms with Gasteiger partial charge in [0.25, 0.3) is 5.91 Å². The first-order valence-electron chi connectivity index (χ1n) is 12.3. The van der Waals surface area contributed by atoms with Crippen molar-refractivity contribution >= 4 is 28.3 Å². The molecule has 1 aliphatic carbocycles. The van der Waals surface area contributed by atoms with Crippen LogP contribution in [0.5, 0.6) is 11.6 Å². The molecule has 10 heteroatoms. The zero-order valence-electron chi connectivity index (χ0n) is 20.0. The monoisotopic (exact) mass is 501 g/mol. The Morgan fingerprint density at radius 3 is 2.97 bits per heavy atom. The minimum Gasteiger partial charge on any atom is -0.492 e. The van der Waals surface area contributed by atoms with E-state index in [2.05, 4.69) is 20.6 Å². The molecule has 1 aromatic carbocycles. The molecule has 4 aromatic rings. The van der Waals surface area contributed by atoms with Gasteiger partial charge in [0, 0.05) is 41.9 Å². The second-order valence-electron chi connectivity index (χ2n) is 9.51. The number of para-hydroxylation sites is 1. The topological polar surface area (TPSA) is 110 Å². The lowest BCUT2D eigenvalue weighted by molar-refractivity contribution is 0.0944. The van der Waals surface area contributed by atoms with Gasteiger partial charge in [-0.2, -0.15) is 0 Å². The number of aromatic nitrogens is 3. The molecule has 1 saturated carbocycles. The third kappa shape index (κ3) is 3.67. The summed E-state index contributed by atoms with van der Waals surface area (Å²) < 4.78 is 31.3. The summed E-state index contributed by atoms with van der Waals surface area (Å²) in [4.78, 5) is 26.0. The number of fused-ring (bicyclic) bond motifs is 4. The number of amides is 1. The van der Waals surface area contributed by atoms with Gasteiger partial charge in [-0.1, -0.05) is 6.07 Å². The normalized spacial score (nSPS) is 21.8. The van der Waals surface area contributed by atoms with Gasteiger partial charge >= 0.3 is 0 Å². The quantitative estimate of drug-likeness (QED) is 0.362. The molecular formula is C27H24FN5O4. The number of aromatic amines is 1. The number of hydrogen-bond donors (Lipinski definition) is 3. The largest absolute Gasteiger partial charge is 0.492 e. The van der Waals surface area contributed by atoms with Crippen molar-refractivity contribution in [1.29, 1.82) is 0 Å². The Hall–Kier alpha value is -4.18. The maximum absolute atomic E-state index is 14.5. The number of carbonyl (C=O) groups is 1. The maximum atomic E-state index is 14.5. The lowest BCUT2D eigenvalue weighted by Crippen LogP contribution is -2.31. The van der Waals surface area contributed by atoms with E-state index >= 15 is 0 Å². The van der Waals surface area contributed by atoms with Crippen LogP contribution < -0.4 is 20.1 Å². The van der Waals surface area contributed by atoms with E-state index in [0.717, 1.165) is 24.1 Å². The van der Waals surface area contributed by atoms with Crippen molar-refractivity contribution in [3.63, 3.8) is 0 Å². The van der Waals surface area contributed by atoms with E-state index in [-0.39, 0.29) is 29.7 Å². The fourth-order valence-corrected chi connectivity index (χ4v) is 5.28. The standard InChI is InChI=1S/C27H24FN5O4/c1-35-26-16(28)3-2-4-18(26)30-25-21-23(15-11-19(15)31-27(21)34)33-24(25)14-7-9-29-17-5-6-20(32-22(14)17)37-13-8-10-36-12-13/h2-7,9,13,15,19,30,33H,8,10-12H2,1H3,(H,31,34)/t13-,15+,19-/m0/s1. The minimum absolute atomic E-state index is 0.0453. The summed E-state index contributed by atoms with van der Waals surface area (Å²) >= 11 is 0. The SMILES string of the molecule is COc1c(F)cccc1Nc1c(-c2ccnc3ccc(O[C@H]4CCOC4)nc23)[nH]c2c1C(=O)N[C@H]1C[C@@H]21. The number of methoxy groups -OCH3 is 1. The third-order valence-corrected chi connectivity index (χ3v) is 7.17. The van der Waals surface area contributed by atoms with Gasteiger partial charge in [-0.3, -0.25) is 9.78 Å². The van der Waals surface area contributed by atoms with E-state index < -0.39 is 5.82 Å². The molecule has 3 aromatic heterocycles. The lowest BCUT2D eigenvalue weighted by atomic mass is 10.0. The summed E-state index contributed by atoms with van der Waals surface area (Å²) in [5.74, 6) is 0.0780. The molecular weight excluding hydrogens is 477 g/mol. The van der Waals surface area contributed by atoms with Crippen molar-refractivity contribution in [1.82, 2.24) is 20.3 Å². The van der Waals surface area contributed by atoms with Crippen LogP contribution in [0.2, 0.25) is 0 Å². The first-order valence-corrected chi connectivity index (χ1v) is 12.3. The molecule has 0 spiro atoms. The highest BCUT2D eigenvalue weighted by molar-refractivity contribution is 6.09. The number of ether oxygens (including phenoxy) is 3. The zero-order chi connectivity index (χ0) is 25.1. The molecule has 0 unspecified atom stereocenters. The number of nitrogens with zero attached hydrogens (tertiary/aromatic N) is 2. The average Bonchev–Trinajstić information content (AvgIpc) is 3.30. The smallest absolute Gasteiger partial charge is 0.255 e. The Morgan fingerprint density at radius 1 is 1.22 bits per heavy atom. The molecule has 7 rings (SSSR count). The number of hydrogen-bond acceptors (Lipinski definition) is 7. The van der Waals surface area contributed by atoms with E-state index in [9.17, 15) is 9.18 Å². The summed E-state index contributed by atoms with van der Waals surface area (Å²) in [5, 5.41) is 6.36. The number of rotatable bonds is 6. The third-order valence-electron chi connectivity index (χ3n) is 7.17. The molecule has 5 heterocycles. The number of benzene rings is 1. The predicted molar refractivity (Wildman–Crippen MR) is 134 cm³/mol. The Labute approximate surface area is 211 Å². The number of pyridine rings is 2. The average molecular weight is 502 g/mol. The minimum atomic E-state index is -0.501. The molecule has 1 amide bonds. The van der Waals surface area contributed by atoms with Gasteiger partial charge in [-0.25, -0.2) is 9.37 Å². The molecule has 0 radical (unpaired) electrons. The summed E-state index contributed by atoms with van der Waals surface area (Å²) in [5.41, 5.74) is 5.04. The summed E-state index contributed by atoms with van der Waals surface area (Å²) in [6.07, 6.45) is 3.34. The molecule has 0 bridgehead atoms. The number of anilines is 2. The van der Waals surface area contributed by atoms with Crippen LogP contribution in [-0.4, -0.2) is 53.3 Å². The van der Waals surface area contributed by atoms with E-state index in [1.807, 2.05) is 12.1 Å². The molecule has 188 valence electrons. The highest BCUT2D eigenvalue weighted by Crippen LogP contribution is 2.50. The van der Waals surface area contributed by atoms with Gasteiger partial charge in [0.1, 0.15) is 11.6 Å². The molecule has 37 heavy (non-hydrogen) atoms. The Kier molecular flexibility index (Phi) is 5.03. The van der Waals surface area contributed by atoms with E-state index in [1.165, 1.54) is 13.2 Å².